The zero-order valence-corrected chi connectivity index (χ0v) is 10.1. The molecule has 4 heteroatoms. The van der Waals surface area contributed by atoms with Gasteiger partial charge in [-0.2, -0.15) is 0 Å². The predicted molar refractivity (Wildman–Crippen MR) is 67.2 cm³/mol. The summed E-state index contributed by atoms with van der Waals surface area (Å²) in [5, 5.41) is 3.62. The molecule has 1 aromatic carbocycles. The zero-order chi connectivity index (χ0) is 12.6. The quantitative estimate of drug-likeness (QED) is 0.805. The molecular weight excluding hydrogens is 216 g/mol. The van der Waals surface area contributed by atoms with E-state index in [9.17, 15) is 9.59 Å². The Balaban J connectivity index is 2.68. The molecule has 0 fully saturated rings. The van der Waals surface area contributed by atoms with Gasteiger partial charge in [0.1, 0.15) is 0 Å². The topological polar surface area (TPSA) is 51.1 Å². The highest BCUT2D eigenvalue weighted by atomic mass is 16.1. The van der Waals surface area contributed by atoms with E-state index in [4.69, 9.17) is 0 Å². The first-order valence-electron chi connectivity index (χ1n) is 5.36. The summed E-state index contributed by atoms with van der Waals surface area (Å²) in [6.07, 6.45) is 1.90. The second-order valence-electron chi connectivity index (χ2n) is 4.12. The Hall–Kier alpha value is -2.10. The SMILES string of the molecule is CC(=O)Nc1cc(C(C)=O)c2ccn(C)c2c1. The summed E-state index contributed by atoms with van der Waals surface area (Å²) < 4.78 is 1.92. The van der Waals surface area contributed by atoms with Crippen LogP contribution in [-0.4, -0.2) is 16.3 Å². The van der Waals surface area contributed by atoms with Gasteiger partial charge in [0.05, 0.1) is 5.52 Å². The number of rotatable bonds is 2. The molecule has 1 heterocycles. The van der Waals surface area contributed by atoms with Crippen LogP contribution in [0.1, 0.15) is 24.2 Å². The van der Waals surface area contributed by atoms with Crippen LogP contribution in [0.3, 0.4) is 0 Å². The first-order valence-corrected chi connectivity index (χ1v) is 5.36. The van der Waals surface area contributed by atoms with Crippen molar-refractivity contribution in [2.24, 2.45) is 7.05 Å². The van der Waals surface area contributed by atoms with Crippen molar-refractivity contribution in [3.63, 3.8) is 0 Å². The molecule has 2 aromatic rings. The highest BCUT2D eigenvalue weighted by Crippen LogP contribution is 2.25. The standard InChI is InChI=1S/C13H14N2O2/c1-8(16)12-6-10(14-9(2)17)7-13-11(12)4-5-15(13)3/h4-7H,1-3H3,(H,14,17). The van der Waals surface area contributed by atoms with Crippen LogP contribution < -0.4 is 5.32 Å². The van der Waals surface area contributed by atoms with Crippen molar-refractivity contribution in [2.45, 2.75) is 13.8 Å². The number of aryl methyl sites for hydroxylation is 1. The molecular formula is C13H14N2O2. The molecule has 0 atom stereocenters. The monoisotopic (exact) mass is 230 g/mol. The molecule has 0 aliphatic carbocycles. The lowest BCUT2D eigenvalue weighted by molar-refractivity contribution is -0.114. The number of carbonyl (C=O) groups excluding carboxylic acids is 2. The van der Waals surface area contributed by atoms with Crippen LogP contribution in [0.5, 0.6) is 0 Å². The summed E-state index contributed by atoms with van der Waals surface area (Å²) in [4.78, 5) is 22.6. The molecule has 0 aliphatic rings. The van der Waals surface area contributed by atoms with E-state index in [1.165, 1.54) is 13.8 Å². The molecule has 0 unspecified atom stereocenters. The number of hydrogen-bond acceptors (Lipinski definition) is 2. The summed E-state index contributed by atoms with van der Waals surface area (Å²) in [5.41, 5.74) is 2.21. The lowest BCUT2D eigenvalue weighted by Crippen LogP contribution is -2.07. The summed E-state index contributed by atoms with van der Waals surface area (Å²) in [6, 6.07) is 5.48. The lowest BCUT2D eigenvalue weighted by Gasteiger charge is -2.07. The first-order chi connectivity index (χ1) is 7.99. The van der Waals surface area contributed by atoms with Gasteiger partial charge in [-0.3, -0.25) is 9.59 Å². The largest absolute Gasteiger partial charge is 0.350 e. The van der Waals surface area contributed by atoms with E-state index in [0.717, 1.165) is 10.9 Å². The van der Waals surface area contributed by atoms with E-state index in [1.54, 1.807) is 6.07 Å². The van der Waals surface area contributed by atoms with Crippen LogP contribution in [0.4, 0.5) is 5.69 Å². The van der Waals surface area contributed by atoms with E-state index in [2.05, 4.69) is 5.32 Å². The molecule has 0 aliphatic heterocycles. The van der Waals surface area contributed by atoms with Gasteiger partial charge in [-0.1, -0.05) is 0 Å². The fourth-order valence-electron chi connectivity index (χ4n) is 1.94. The highest BCUT2D eigenvalue weighted by molar-refractivity contribution is 6.08. The van der Waals surface area contributed by atoms with E-state index in [0.29, 0.717) is 11.3 Å². The molecule has 0 radical (unpaired) electrons. The van der Waals surface area contributed by atoms with Crippen LogP contribution in [0, 0.1) is 0 Å². The van der Waals surface area contributed by atoms with Gasteiger partial charge in [0, 0.05) is 36.8 Å². The van der Waals surface area contributed by atoms with Gasteiger partial charge in [0.2, 0.25) is 5.91 Å². The average Bonchev–Trinajstić information content (AvgIpc) is 2.59. The fraction of sp³-hybridized carbons (Fsp3) is 0.231. The Morgan fingerprint density at radius 2 is 1.94 bits per heavy atom. The Morgan fingerprint density at radius 3 is 2.53 bits per heavy atom. The van der Waals surface area contributed by atoms with Crippen molar-refractivity contribution < 1.29 is 9.59 Å². The first kappa shape index (κ1) is 11.4. The number of aromatic nitrogens is 1. The number of nitrogens with one attached hydrogen (secondary N) is 1. The number of nitrogens with zero attached hydrogens (tertiary/aromatic N) is 1. The lowest BCUT2D eigenvalue weighted by atomic mass is 10.1. The van der Waals surface area contributed by atoms with Crippen molar-refractivity contribution in [1.82, 2.24) is 4.57 Å². The molecule has 0 saturated heterocycles. The maximum absolute atomic E-state index is 11.6. The number of ketones is 1. The fourth-order valence-corrected chi connectivity index (χ4v) is 1.94. The molecule has 0 bridgehead atoms. The van der Waals surface area contributed by atoms with Crippen molar-refractivity contribution in [2.75, 3.05) is 5.32 Å². The Labute approximate surface area is 99.2 Å². The third-order valence-corrected chi connectivity index (χ3v) is 2.70. The van der Waals surface area contributed by atoms with E-state index in [-0.39, 0.29) is 11.7 Å². The van der Waals surface area contributed by atoms with Crippen LogP contribution in [0.15, 0.2) is 24.4 Å². The number of anilines is 1. The maximum Gasteiger partial charge on any atom is 0.221 e. The molecule has 1 aromatic heterocycles. The van der Waals surface area contributed by atoms with Crippen molar-refractivity contribution >= 4 is 28.3 Å². The van der Waals surface area contributed by atoms with Gasteiger partial charge in [-0.05, 0) is 25.1 Å². The van der Waals surface area contributed by atoms with Crippen molar-refractivity contribution in [3.8, 4) is 0 Å². The molecule has 4 nitrogen and oxygen atoms in total. The number of benzene rings is 1. The molecule has 88 valence electrons. The molecule has 17 heavy (non-hydrogen) atoms. The van der Waals surface area contributed by atoms with Gasteiger partial charge in [-0.15, -0.1) is 0 Å². The number of fused-ring (bicyclic) bond motifs is 1. The average molecular weight is 230 g/mol. The van der Waals surface area contributed by atoms with Crippen LogP contribution in [0.25, 0.3) is 10.9 Å². The molecule has 0 spiro atoms. The van der Waals surface area contributed by atoms with E-state index >= 15 is 0 Å². The maximum atomic E-state index is 11.6. The van der Waals surface area contributed by atoms with Gasteiger partial charge in [-0.25, -0.2) is 0 Å². The molecule has 0 saturated carbocycles. The van der Waals surface area contributed by atoms with E-state index < -0.39 is 0 Å². The highest BCUT2D eigenvalue weighted by Gasteiger charge is 2.10. The summed E-state index contributed by atoms with van der Waals surface area (Å²) in [5.74, 6) is -0.151. The number of Topliss-reactive ketones (excluding diaryl/α,β-unsaturated/α-hetero) is 1. The molecule has 1 N–H and O–H groups in total. The Kier molecular flexibility index (Phi) is 2.71. The van der Waals surface area contributed by atoms with Gasteiger partial charge >= 0.3 is 0 Å². The summed E-state index contributed by atoms with van der Waals surface area (Å²) >= 11 is 0. The normalized spacial score (nSPS) is 10.5. The minimum Gasteiger partial charge on any atom is -0.350 e. The summed E-state index contributed by atoms with van der Waals surface area (Å²) in [7, 11) is 1.91. The van der Waals surface area contributed by atoms with Crippen LogP contribution >= 0.6 is 0 Å². The van der Waals surface area contributed by atoms with Gasteiger partial charge < -0.3 is 9.88 Å². The van der Waals surface area contributed by atoms with Gasteiger partial charge in [0.15, 0.2) is 5.78 Å². The second-order valence-corrected chi connectivity index (χ2v) is 4.12. The number of hydrogen-bond donors (Lipinski definition) is 1. The zero-order valence-electron chi connectivity index (χ0n) is 10.1. The molecule has 1 amide bonds. The number of carbonyl (C=O) groups is 2. The second kappa shape index (κ2) is 4.05. The van der Waals surface area contributed by atoms with E-state index in [1.807, 2.05) is 29.9 Å². The van der Waals surface area contributed by atoms with Gasteiger partial charge in [0.25, 0.3) is 0 Å². The minimum absolute atomic E-state index is 0.00611. The minimum atomic E-state index is -0.145. The van der Waals surface area contributed by atoms with Crippen LogP contribution in [0.2, 0.25) is 0 Å². The third-order valence-electron chi connectivity index (χ3n) is 2.70. The van der Waals surface area contributed by atoms with Crippen molar-refractivity contribution in [3.05, 3.63) is 30.0 Å². The summed E-state index contributed by atoms with van der Waals surface area (Å²) in [6.45, 7) is 2.97. The molecule has 2 rings (SSSR count). The Morgan fingerprint density at radius 1 is 1.24 bits per heavy atom. The van der Waals surface area contributed by atoms with Crippen LogP contribution in [-0.2, 0) is 11.8 Å². The Bertz CT molecular complexity index is 611. The smallest absolute Gasteiger partial charge is 0.221 e. The van der Waals surface area contributed by atoms with Crippen molar-refractivity contribution in [1.29, 1.82) is 0 Å². The predicted octanol–water partition coefficient (Wildman–Crippen LogP) is 2.34. The number of amides is 1. The third kappa shape index (κ3) is 2.06.